The molecular formula is C4H4Cl4F6. The van der Waals surface area contributed by atoms with Crippen LogP contribution in [0.1, 0.15) is 6.92 Å². The zero-order chi connectivity index (χ0) is 12.6. The Morgan fingerprint density at radius 3 is 0.929 bits per heavy atom. The Labute approximate surface area is 96.1 Å². The summed E-state index contributed by atoms with van der Waals surface area (Å²) in [5.74, 6) is -2.69. The lowest BCUT2D eigenvalue weighted by atomic mass is 10.9. The van der Waals surface area contributed by atoms with Crippen LogP contribution in [0.15, 0.2) is 0 Å². The summed E-state index contributed by atoms with van der Waals surface area (Å²) in [5, 5.41) is -3.03. The number of hydrogen-bond donors (Lipinski definition) is 0. The number of halogens is 10. The molecule has 0 spiro atoms. The fourth-order valence-electron chi connectivity index (χ4n) is 0. The van der Waals surface area contributed by atoms with Crippen molar-refractivity contribution >= 4 is 46.4 Å². The van der Waals surface area contributed by atoms with E-state index in [0.717, 1.165) is 0 Å². The maximum Gasteiger partial charge on any atom is 0.401 e. The van der Waals surface area contributed by atoms with Gasteiger partial charge >= 0.3 is 16.1 Å². The summed E-state index contributed by atoms with van der Waals surface area (Å²) in [6.45, 7) is 0.620. The van der Waals surface area contributed by atoms with Crippen LogP contribution in [0.3, 0.4) is 0 Å². The minimum atomic E-state index is -3.56. The summed E-state index contributed by atoms with van der Waals surface area (Å²) in [6.07, 6.45) is 0. The fraction of sp³-hybridized carbons (Fsp3) is 1.00. The molecule has 0 saturated heterocycles. The van der Waals surface area contributed by atoms with Gasteiger partial charge in [0.05, 0.1) is 0 Å². The van der Waals surface area contributed by atoms with Crippen LogP contribution >= 0.6 is 46.4 Å². The van der Waals surface area contributed by atoms with Gasteiger partial charge in [-0.15, -0.1) is 0 Å². The zero-order valence-corrected chi connectivity index (χ0v) is 9.38. The molecule has 0 atom stereocenters. The minimum absolute atomic E-state index is 0.620. The molecular weight excluding hydrogens is 304 g/mol. The normalized spacial score (nSPS) is 11.1. The molecule has 0 rings (SSSR count). The molecule has 14 heavy (non-hydrogen) atoms. The highest BCUT2D eigenvalue weighted by Gasteiger charge is 2.17. The van der Waals surface area contributed by atoms with E-state index in [9.17, 15) is 26.3 Å². The van der Waals surface area contributed by atoms with E-state index in [1.807, 2.05) is 0 Å². The van der Waals surface area contributed by atoms with Crippen molar-refractivity contribution in [3.8, 4) is 0 Å². The molecule has 0 radical (unpaired) electrons. The average molecular weight is 308 g/mol. The molecule has 0 amide bonds. The molecule has 0 aromatic carbocycles. The van der Waals surface area contributed by atoms with Gasteiger partial charge < -0.3 is 0 Å². The Balaban J connectivity index is -0.000000131. The first-order valence-corrected chi connectivity index (χ1v) is 4.05. The van der Waals surface area contributed by atoms with Crippen LogP contribution in [0.5, 0.6) is 0 Å². The van der Waals surface area contributed by atoms with Crippen molar-refractivity contribution in [1.29, 1.82) is 0 Å². The molecule has 0 nitrogen and oxygen atoms in total. The summed E-state index contributed by atoms with van der Waals surface area (Å²) in [5.41, 5.74) is 0. The average Bonchev–Trinajstić information content (AvgIpc) is 1.45. The van der Waals surface area contributed by atoms with Crippen LogP contribution in [0.2, 0.25) is 0 Å². The van der Waals surface area contributed by atoms with E-state index in [1.54, 1.807) is 0 Å². The van der Waals surface area contributed by atoms with Crippen LogP contribution in [-0.2, 0) is 0 Å². The molecule has 0 saturated carbocycles. The van der Waals surface area contributed by atoms with E-state index < -0.39 is 16.1 Å². The van der Waals surface area contributed by atoms with Crippen LogP contribution in [0.4, 0.5) is 26.3 Å². The highest BCUT2D eigenvalue weighted by molar-refractivity contribution is 6.45. The van der Waals surface area contributed by atoms with E-state index in [4.69, 9.17) is 0 Å². The zero-order valence-electron chi connectivity index (χ0n) is 6.36. The molecule has 0 aliphatic carbocycles. The molecule has 0 aliphatic rings. The number of alkyl halides is 10. The molecule has 0 N–H and O–H groups in total. The third kappa shape index (κ3) is 3210. The Kier molecular flexibility index (Phi) is 13.0. The summed E-state index contributed by atoms with van der Waals surface area (Å²) in [7, 11) is 0. The van der Waals surface area contributed by atoms with E-state index >= 15 is 0 Å². The number of rotatable bonds is 0. The first-order valence-electron chi connectivity index (χ1n) is 2.48. The van der Waals surface area contributed by atoms with Crippen LogP contribution in [0, 0.1) is 0 Å². The van der Waals surface area contributed by atoms with Crippen LogP contribution in [-0.4, -0.2) is 16.1 Å². The Morgan fingerprint density at radius 1 is 0.929 bits per heavy atom. The lowest BCUT2D eigenvalue weighted by molar-refractivity contribution is 0.119. The minimum Gasteiger partial charge on any atom is -0.192 e. The van der Waals surface area contributed by atoms with Crippen molar-refractivity contribution < 1.29 is 26.3 Å². The predicted molar refractivity (Wildman–Crippen MR) is 45.0 cm³/mol. The van der Waals surface area contributed by atoms with Crippen molar-refractivity contribution in [3.63, 3.8) is 0 Å². The summed E-state index contributed by atoms with van der Waals surface area (Å²) < 4.78 is 62.9. The first-order chi connectivity index (χ1) is 5.73. The summed E-state index contributed by atoms with van der Waals surface area (Å²) >= 11 is 16.1. The van der Waals surface area contributed by atoms with E-state index in [0.29, 0.717) is 6.92 Å². The molecule has 10 heteroatoms. The van der Waals surface area contributed by atoms with Crippen molar-refractivity contribution in [3.05, 3.63) is 0 Å². The van der Waals surface area contributed by atoms with Gasteiger partial charge in [0.15, 0.2) is 0 Å². The second-order valence-corrected chi connectivity index (χ2v) is 3.59. The lowest BCUT2D eigenvalue weighted by Crippen LogP contribution is -1.92. The molecule has 0 aromatic rings. The Bertz CT molecular complexity index is 91.2. The second-order valence-electron chi connectivity index (χ2n) is 1.46. The van der Waals surface area contributed by atoms with Gasteiger partial charge in [-0.05, 0) is 34.8 Å². The topological polar surface area (TPSA) is 0 Å². The van der Waals surface area contributed by atoms with Crippen molar-refractivity contribution in [2.45, 2.75) is 23.0 Å². The van der Waals surface area contributed by atoms with E-state index in [-0.39, 0.29) is 0 Å². The molecule has 0 aliphatic heterocycles. The van der Waals surface area contributed by atoms with Gasteiger partial charge in [-0.25, -0.2) is 0 Å². The summed E-state index contributed by atoms with van der Waals surface area (Å²) in [6, 6.07) is 0. The van der Waals surface area contributed by atoms with Gasteiger partial charge in [0.2, 0.25) is 0 Å². The second kappa shape index (κ2) is 9.00. The van der Waals surface area contributed by atoms with Crippen molar-refractivity contribution in [2.24, 2.45) is 0 Å². The standard InChI is InChI=1S/C2H3ClF2.CCl2F2.CHClF2/c1-2(3,4)5;2-1(3,4)5;2-1(3)4/h1H3;;1H. The first kappa shape index (κ1) is 20.2. The Morgan fingerprint density at radius 2 is 0.929 bits per heavy atom. The quantitative estimate of drug-likeness (QED) is 0.421. The predicted octanol–water partition coefficient (Wildman–Crippen LogP) is 5.30. The molecule has 0 heterocycles. The van der Waals surface area contributed by atoms with Gasteiger partial charge in [-0.3, -0.25) is 0 Å². The third-order valence-corrected chi connectivity index (χ3v) is 0. The summed E-state index contributed by atoms with van der Waals surface area (Å²) in [4.78, 5) is -3.56. The van der Waals surface area contributed by atoms with Gasteiger partial charge in [-0.2, -0.15) is 26.3 Å². The molecule has 0 unspecified atom stereocenters. The van der Waals surface area contributed by atoms with Gasteiger partial charge in [0, 0.05) is 6.92 Å². The van der Waals surface area contributed by atoms with Gasteiger partial charge in [0.1, 0.15) is 0 Å². The van der Waals surface area contributed by atoms with Crippen LogP contribution in [0.25, 0.3) is 0 Å². The highest BCUT2D eigenvalue weighted by atomic mass is 35.5. The van der Waals surface area contributed by atoms with Crippen LogP contribution < -0.4 is 0 Å². The van der Waals surface area contributed by atoms with Gasteiger partial charge in [-0.1, -0.05) is 11.6 Å². The maximum absolute atomic E-state index is 10.8. The van der Waals surface area contributed by atoms with Crippen molar-refractivity contribution in [2.75, 3.05) is 0 Å². The lowest BCUT2D eigenvalue weighted by Gasteiger charge is -1.90. The van der Waals surface area contributed by atoms with Gasteiger partial charge in [0.25, 0.3) is 0 Å². The highest BCUT2D eigenvalue weighted by Crippen LogP contribution is 2.22. The SMILES string of the molecule is CC(F)(F)Cl.FC(F)(Cl)Cl.FC(F)Cl. The fourth-order valence-corrected chi connectivity index (χ4v) is 0. The molecule has 0 aromatic heterocycles. The maximum atomic E-state index is 10.8. The van der Waals surface area contributed by atoms with Crippen molar-refractivity contribution in [1.82, 2.24) is 0 Å². The monoisotopic (exact) mass is 306 g/mol. The number of hydrogen-bond acceptors (Lipinski definition) is 0. The van der Waals surface area contributed by atoms with E-state index in [2.05, 4.69) is 46.4 Å². The third-order valence-electron chi connectivity index (χ3n) is 0. The molecule has 0 fully saturated rings. The molecule has 90 valence electrons. The Hall–Kier alpha value is 0.740. The van der Waals surface area contributed by atoms with E-state index in [1.165, 1.54) is 0 Å². The molecule has 0 bridgehead atoms. The smallest absolute Gasteiger partial charge is 0.192 e. The largest absolute Gasteiger partial charge is 0.401 e.